The summed E-state index contributed by atoms with van der Waals surface area (Å²) in [5.41, 5.74) is 4.82. The number of imidazole rings is 1. The predicted octanol–water partition coefficient (Wildman–Crippen LogP) is 3.78. The van der Waals surface area contributed by atoms with Crippen LogP contribution in [-0.4, -0.2) is 36.0 Å². The third kappa shape index (κ3) is 3.26. The molecule has 0 fully saturated rings. The van der Waals surface area contributed by atoms with Gasteiger partial charge in [0.05, 0.1) is 16.5 Å². The standard InChI is InChI=1S/C22H16N8O/c1-2-18(31)27-17-7-6-13(10-24-17)14-8-15-20(29-30-21(15)25-11-14)22-26-16-5-3-4-12(9-23)19(16)28-22/h3-8,10-11H,2H2,1H3,(H,26,28)(H,24,27,31)(H,25,29,30). The average Bonchev–Trinajstić information content (AvgIpc) is 3.42. The number of aromatic nitrogens is 6. The summed E-state index contributed by atoms with van der Waals surface area (Å²) in [6, 6.07) is 13.2. The number of carbonyl (C=O) groups excluding carboxylic acids is 1. The van der Waals surface area contributed by atoms with Crippen LogP contribution >= 0.6 is 0 Å². The van der Waals surface area contributed by atoms with Gasteiger partial charge in [-0.25, -0.2) is 15.0 Å². The van der Waals surface area contributed by atoms with Gasteiger partial charge in [-0.15, -0.1) is 0 Å². The van der Waals surface area contributed by atoms with Gasteiger partial charge in [0, 0.05) is 29.9 Å². The van der Waals surface area contributed by atoms with Crippen LogP contribution in [0.4, 0.5) is 5.82 Å². The quantitative estimate of drug-likeness (QED) is 0.414. The van der Waals surface area contributed by atoms with Gasteiger partial charge < -0.3 is 10.3 Å². The summed E-state index contributed by atoms with van der Waals surface area (Å²) in [5.74, 6) is 0.972. The van der Waals surface area contributed by atoms with E-state index < -0.39 is 0 Å². The van der Waals surface area contributed by atoms with Crippen molar-refractivity contribution in [3.8, 4) is 28.7 Å². The molecule has 0 bridgehead atoms. The highest BCUT2D eigenvalue weighted by atomic mass is 16.1. The number of nitriles is 1. The molecule has 0 saturated carbocycles. The van der Waals surface area contributed by atoms with Crippen LogP contribution in [0.1, 0.15) is 18.9 Å². The van der Waals surface area contributed by atoms with Crippen LogP contribution in [0.15, 0.2) is 48.8 Å². The number of hydrogen-bond acceptors (Lipinski definition) is 6. The van der Waals surface area contributed by atoms with Crippen molar-refractivity contribution in [3.05, 3.63) is 54.4 Å². The number of pyridine rings is 2. The maximum absolute atomic E-state index is 11.5. The molecular formula is C22H16N8O. The molecule has 0 aliphatic heterocycles. The van der Waals surface area contributed by atoms with E-state index in [1.165, 1.54) is 0 Å². The smallest absolute Gasteiger partial charge is 0.225 e. The number of hydrogen-bond donors (Lipinski definition) is 3. The molecule has 0 aliphatic carbocycles. The predicted molar refractivity (Wildman–Crippen MR) is 116 cm³/mol. The van der Waals surface area contributed by atoms with E-state index in [0.717, 1.165) is 22.0 Å². The first-order valence-corrected chi connectivity index (χ1v) is 9.66. The number of H-pyrrole nitrogens is 2. The topological polar surface area (TPSA) is 136 Å². The van der Waals surface area contributed by atoms with Crippen LogP contribution < -0.4 is 5.32 Å². The Labute approximate surface area is 176 Å². The second kappa shape index (κ2) is 7.35. The third-order valence-electron chi connectivity index (χ3n) is 4.96. The van der Waals surface area contributed by atoms with Crippen LogP contribution in [0.5, 0.6) is 0 Å². The van der Waals surface area contributed by atoms with Gasteiger partial charge in [0.2, 0.25) is 5.91 Å². The summed E-state index contributed by atoms with van der Waals surface area (Å²) < 4.78 is 0. The molecule has 0 saturated heterocycles. The Hall–Kier alpha value is -4.58. The van der Waals surface area contributed by atoms with E-state index in [2.05, 4.69) is 41.5 Å². The molecule has 0 unspecified atom stereocenters. The molecule has 4 aromatic heterocycles. The number of nitrogens with zero attached hydrogens (tertiary/aromatic N) is 5. The van der Waals surface area contributed by atoms with Crippen molar-refractivity contribution in [1.82, 2.24) is 30.1 Å². The molecule has 0 radical (unpaired) electrons. The fourth-order valence-corrected chi connectivity index (χ4v) is 3.35. The summed E-state index contributed by atoms with van der Waals surface area (Å²) >= 11 is 0. The molecule has 5 rings (SSSR count). The Balaban J connectivity index is 1.55. The minimum Gasteiger partial charge on any atom is -0.337 e. The molecule has 5 aromatic rings. The summed E-state index contributed by atoms with van der Waals surface area (Å²) in [4.78, 5) is 28.1. The monoisotopic (exact) mass is 408 g/mol. The van der Waals surface area contributed by atoms with Crippen molar-refractivity contribution in [2.24, 2.45) is 0 Å². The molecule has 31 heavy (non-hydrogen) atoms. The van der Waals surface area contributed by atoms with Crippen LogP contribution in [0.2, 0.25) is 0 Å². The van der Waals surface area contributed by atoms with Gasteiger partial charge in [-0.3, -0.25) is 9.89 Å². The molecule has 3 N–H and O–H groups in total. The van der Waals surface area contributed by atoms with Gasteiger partial charge in [0.15, 0.2) is 11.5 Å². The van der Waals surface area contributed by atoms with Crippen molar-refractivity contribution in [1.29, 1.82) is 5.26 Å². The minimum absolute atomic E-state index is 0.0863. The van der Waals surface area contributed by atoms with Crippen molar-refractivity contribution >= 4 is 33.8 Å². The normalized spacial score (nSPS) is 11.0. The summed E-state index contributed by atoms with van der Waals surface area (Å²) in [6.45, 7) is 1.79. The first kappa shape index (κ1) is 18.4. The lowest BCUT2D eigenvalue weighted by Crippen LogP contribution is -2.10. The van der Waals surface area contributed by atoms with Crippen LogP contribution in [-0.2, 0) is 4.79 Å². The molecular weight excluding hydrogens is 392 g/mol. The number of amides is 1. The first-order valence-electron chi connectivity index (χ1n) is 9.66. The van der Waals surface area contributed by atoms with E-state index in [1.807, 2.05) is 24.3 Å². The molecule has 1 aromatic carbocycles. The number of carbonyl (C=O) groups is 1. The van der Waals surface area contributed by atoms with Gasteiger partial charge in [0.1, 0.15) is 23.1 Å². The highest BCUT2D eigenvalue weighted by molar-refractivity contribution is 5.94. The zero-order valence-electron chi connectivity index (χ0n) is 16.5. The van der Waals surface area contributed by atoms with Gasteiger partial charge in [0.25, 0.3) is 0 Å². The maximum atomic E-state index is 11.5. The van der Waals surface area contributed by atoms with E-state index in [4.69, 9.17) is 0 Å². The molecule has 4 heterocycles. The third-order valence-corrected chi connectivity index (χ3v) is 4.96. The van der Waals surface area contributed by atoms with Crippen molar-refractivity contribution < 1.29 is 4.79 Å². The molecule has 9 nitrogen and oxygen atoms in total. The Kier molecular flexibility index (Phi) is 4.37. The number of para-hydroxylation sites is 1. The van der Waals surface area contributed by atoms with Gasteiger partial charge >= 0.3 is 0 Å². The highest BCUT2D eigenvalue weighted by Gasteiger charge is 2.16. The first-order chi connectivity index (χ1) is 15.2. The van der Waals surface area contributed by atoms with Crippen molar-refractivity contribution in [2.45, 2.75) is 13.3 Å². The Morgan fingerprint density at radius 1 is 1.16 bits per heavy atom. The zero-order chi connectivity index (χ0) is 21.4. The summed E-state index contributed by atoms with van der Waals surface area (Å²) in [6.07, 6.45) is 3.82. The van der Waals surface area contributed by atoms with Crippen LogP contribution in [0.25, 0.3) is 44.7 Å². The van der Waals surface area contributed by atoms with Gasteiger partial charge in [-0.1, -0.05) is 13.0 Å². The van der Waals surface area contributed by atoms with Gasteiger partial charge in [-0.05, 0) is 30.3 Å². The second-order valence-corrected chi connectivity index (χ2v) is 6.93. The molecule has 150 valence electrons. The van der Waals surface area contributed by atoms with Crippen LogP contribution in [0, 0.1) is 11.3 Å². The fourth-order valence-electron chi connectivity index (χ4n) is 3.35. The largest absolute Gasteiger partial charge is 0.337 e. The Morgan fingerprint density at radius 3 is 2.81 bits per heavy atom. The highest BCUT2D eigenvalue weighted by Crippen LogP contribution is 2.29. The summed E-state index contributed by atoms with van der Waals surface area (Å²) in [5, 5.41) is 20.2. The van der Waals surface area contributed by atoms with E-state index in [0.29, 0.717) is 40.5 Å². The molecule has 0 aliphatic rings. The van der Waals surface area contributed by atoms with Gasteiger partial charge in [-0.2, -0.15) is 10.4 Å². The van der Waals surface area contributed by atoms with E-state index >= 15 is 0 Å². The lowest BCUT2D eigenvalue weighted by Gasteiger charge is -2.05. The summed E-state index contributed by atoms with van der Waals surface area (Å²) in [7, 11) is 0. The number of rotatable bonds is 4. The number of anilines is 1. The SMILES string of the molecule is CCC(=O)Nc1ccc(-c2cnc3[nH]nc(-c4nc5c(C#N)cccc5[nH]4)c3c2)cn1. The van der Waals surface area contributed by atoms with E-state index in [1.54, 1.807) is 31.5 Å². The minimum atomic E-state index is -0.0863. The van der Waals surface area contributed by atoms with E-state index in [9.17, 15) is 10.1 Å². The number of fused-ring (bicyclic) bond motifs is 2. The number of aromatic amines is 2. The number of benzene rings is 1. The molecule has 0 spiro atoms. The molecule has 9 heteroatoms. The Morgan fingerprint density at radius 2 is 2.03 bits per heavy atom. The van der Waals surface area contributed by atoms with Crippen molar-refractivity contribution in [2.75, 3.05) is 5.32 Å². The maximum Gasteiger partial charge on any atom is 0.225 e. The average molecular weight is 408 g/mol. The zero-order valence-corrected chi connectivity index (χ0v) is 16.5. The fraction of sp³-hybridized carbons (Fsp3) is 0.0909. The molecule has 1 amide bonds. The Bertz CT molecular complexity index is 1470. The van der Waals surface area contributed by atoms with Crippen LogP contribution in [0.3, 0.4) is 0 Å². The molecule has 0 atom stereocenters. The van der Waals surface area contributed by atoms with E-state index in [-0.39, 0.29) is 5.91 Å². The lowest BCUT2D eigenvalue weighted by molar-refractivity contribution is -0.115. The lowest BCUT2D eigenvalue weighted by atomic mass is 10.1. The van der Waals surface area contributed by atoms with Crippen molar-refractivity contribution in [3.63, 3.8) is 0 Å². The number of nitrogens with one attached hydrogen (secondary N) is 3. The second-order valence-electron chi connectivity index (χ2n) is 6.93.